The smallest absolute Gasteiger partial charge is 0.410 e. The topological polar surface area (TPSA) is 78.9 Å². The third-order valence-electron chi connectivity index (χ3n) is 3.35. The predicted molar refractivity (Wildman–Crippen MR) is 81.1 cm³/mol. The second-order valence-corrected chi connectivity index (χ2v) is 6.89. The van der Waals surface area contributed by atoms with Gasteiger partial charge in [0.25, 0.3) is 0 Å². The number of carbonyl (C=O) groups is 1. The molecule has 1 amide bonds. The fraction of sp³-hybridized carbons (Fsp3) is 0.533. The van der Waals surface area contributed by atoms with Crippen molar-refractivity contribution in [1.29, 1.82) is 0 Å². The van der Waals surface area contributed by atoms with Gasteiger partial charge in [-0.25, -0.2) is 9.00 Å². The first-order valence-electron chi connectivity index (χ1n) is 7.03. The molecule has 0 spiro atoms. The summed E-state index contributed by atoms with van der Waals surface area (Å²) in [4.78, 5) is 13.8. The Labute approximate surface area is 132 Å². The maximum Gasteiger partial charge on any atom is 0.410 e. The van der Waals surface area contributed by atoms with Crippen molar-refractivity contribution in [3.05, 3.63) is 28.8 Å². The van der Waals surface area contributed by atoms with Crippen molar-refractivity contribution in [3.8, 4) is 5.75 Å². The molecule has 0 N–H and O–H groups in total. The Morgan fingerprint density at radius 2 is 2.05 bits per heavy atom. The summed E-state index contributed by atoms with van der Waals surface area (Å²) in [6.45, 7) is 8.36. The lowest BCUT2D eigenvalue weighted by Gasteiger charge is -2.32. The van der Waals surface area contributed by atoms with Crippen LogP contribution in [0.15, 0.2) is 12.1 Å². The van der Waals surface area contributed by atoms with Crippen LogP contribution in [0, 0.1) is 6.92 Å². The first-order valence-corrected chi connectivity index (χ1v) is 8.03. The number of aryl methyl sites for hydroxylation is 1. The molecule has 0 aromatic heterocycles. The monoisotopic (exact) mass is 326 g/mol. The summed E-state index contributed by atoms with van der Waals surface area (Å²) in [7, 11) is 0. The van der Waals surface area contributed by atoms with E-state index in [-0.39, 0.29) is 6.09 Å². The zero-order chi connectivity index (χ0) is 16.5. The molecule has 1 unspecified atom stereocenters. The Hall–Kier alpha value is -1.60. The third kappa shape index (κ3) is 4.20. The molecule has 1 aromatic rings. The summed E-state index contributed by atoms with van der Waals surface area (Å²) >= 11 is -2.59. The van der Waals surface area contributed by atoms with E-state index in [1.165, 1.54) is 0 Å². The summed E-state index contributed by atoms with van der Waals surface area (Å²) in [6, 6.07) is 3.37. The minimum Gasteiger partial charge on any atom is -0.740 e. The van der Waals surface area contributed by atoms with E-state index in [1.807, 2.05) is 27.7 Å². The van der Waals surface area contributed by atoms with Crippen LogP contribution in [0.2, 0.25) is 0 Å². The van der Waals surface area contributed by atoms with Gasteiger partial charge < -0.3 is 18.4 Å². The Morgan fingerprint density at radius 1 is 1.36 bits per heavy atom. The molecule has 22 heavy (non-hydrogen) atoms. The molecule has 0 saturated heterocycles. The van der Waals surface area contributed by atoms with Gasteiger partial charge in [-0.1, -0.05) is 0 Å². The van der Waals surface area contributed by atoms with Gasteiger partial charge in [-0.2, -0.15) is 0 Å². The van der Waals surface area contributed by atoms with Crippen LogP contribution in [-0.2, 0) is 29.1 Å². The van der Waals surface area contributed by atoms with Crippen LogP contribution in [0.25, 0.3) is 0 Å². The fourth-order valence-electron chi connectivity index (χ4n) is 2.44. The summed E-state index contributed by atoms with van der Waals surface area (Å²) in [6.07, 6.45) is 0.302. The quantitative estimate of drug-likeness (QED) is 0.780. The van der Waals surface area contributed by atoms with Gasteiger partial charge in [0.2, 0.25) is 0 Å². The SMILES string of the molecule is Cc1cc(OS(=O)[O-])cc2c1CN(C(=O)OC(C)(C)C)CC2. The van der Waals surface area contributed by atoms with Crippen LogP contribution in [-0.4, -0.2) is 31.9 Å². The van der Waals surface area contributed by atoms with Crippen molar-refractivity contribution >= 4 is 17.5 Å². The van der Waals surface area contributed by atoms with Crippen LogP contribution in [0.1, 0.15) is 37.5 Å². The minimum atomic E-state index is -2.59. The van der Waals surface area contributed by atoms with Gasteiger partial charge in [0.05, 0.1) is 0 Å². The van der Waals surface area contributed by atoms with Crippen LogP contribution in [0.3, 0.4) is 0 Å². The second kappa shape index (κ2) is 6.26. The standard InChI is InChI=1S/C15H21NO5S/c1-10-7-12(21-22(18)19)8-11-5-6-16(9-13(10)11)14(17)20-15(2,3)4/h7-8H,5-6,9H2,1-4H3,(H,18,19)/p-1. The highest BCUT2D eigenvalue weighted by molar-refractivity contribution is 7.74. The number of carbonyl (C=O) groups excluding carboxylic acids is 1. The number of ether oxygens (including phenoxy) is 1. The summed E-state index contributed by atoms with van der Waals surface area (Å²) in [5, 5.41) is 0. The van der Waals surface area contributed by atoms with E-state index >= 15 is 0 Å². The van der Waals surface area contributed by atoms with Gasteiger partial charge in [0.15, 0.2) is 0 Å². The average Bonchev–Trinajstić information content (AvgIpc) is 2.35. The normalized spacial score (nSPS) is 16.0. The molecule has 0 radical (unpaired) electrons. The fourth-order valence-corrected chi connectivity index (χ4v) is 2.69. The van der Waals surface area contributed by atoms with Gasteiger partial charge in [0.1, 0.15) is 22.7 Å². The highest BCUT2D eigenvalue weighted by Crippen LogP contribution is 2.28. The first-order chi connectivity index (χ1) is 10.2. The van der Waals surface area contributed by atoms with Gasteiger partial charge >= 0.3 is 6.09 Å². The summed E-state index contributed by atoms with van der Waals surface area (Å²) in [5.74, 6) is 0.301. The van der Waals surface area contributed by atoms with E-state index < -0.39 is 17.0 Å². The maximum absolute atomic E-state index is 12.1. The lowest BCUT2D eigenvalue weighted by atomic mass is 9.95. The zero-order valence-corrected chi connectivity index (χ0v) is 14.0. The minimum absolute atomic E-state index is 0.301. The molecule has 122 valence electrons. The summed E-state index contributed by atoms with van der Waals surface area (Å²) < 4.78 is 31.4. The van der Waals surface area contributed by atoms with Gasteiger partial charge in [-0.3, -0.25) is 0 Å². The molecule has 0 bridgehead atoms. The van der Waals surface area contributed by atoms with Crippen LogP contribution < -0.4 is 4.18 Å². The molecule has 7 heteroatoms. The molecule has 1 atom stereocenters. The van der Waals surface area contributed by atoms with Crippen molar-refractivity contribution in [2.45, 2.75) is 46.3 Å². The first kappa shape index (κ1) is 16.8. The van der Waals surface area contributed by atoms with Crippen LogP contribution in [0.5, 0.6) is 5.75 Å². The Morgan fingerprint density at radius 3 is 2.64 bits per heavy atom. The number of benzene rings is 1. The molecule has 0 saturated carbocycles. The highest BCUT2D eigenvalue weighted by Gasteiger charge is 2.26. The Bertz CT molecular complexity index is 609. The molecule has 1 aliphatic rings. The molecule has 1 aromatic carbocycles. The molecule has 0 aliphatic carbocycles. The predicted octanol–water partition coefficient (Wildman–Crippen LogP) is 2.46. The van der Waals surface area contributed by atoms with Crippen LogP contribution in [0.4, 0.5) is 4.79 Å². The highest BCUT2D eigenvalue weighted by atomic mass is 32.2. The van der Waals surface area contributed by atoms with E-state index in [0.717, 1.165) is 16.7 Å². The van der Waals surface area contributed by atoms with E-state index in [0.29, 0.717) is 25.3 Å². The van der Waals surface area contributed by atoms with Crippen molar-refractivity contribution in [1.82, 2.24) is 4.90 Å². The molecule has 1 aliphatic heterocycles. The van der Waals surface area contributed by atoms with Gasteiger partial charge in [0, 0.05) is 13.1 Å². The molecule has 1 heterocycles. The second-order valence-electron chi connectivity index (χ2n) is 6.32. The van der Waals surface area contributed by atoms with Crippen molar-refractivity contribution in [2.75, 3.05) is 6.54 Å². The number of nitrogens with zero attached hydrogens (tertiary/aromatic N) is 1. The number of hydrogen-bond donors (Lipinski definition) is 0. The molecule has 6 nitrogen and oxygen atoms in total. The Balaban J connectivity index is 2.17. The van der Waals surface area contributed by atoms with E-state index in [9.17, 15) is 13.6 Å². The maximum atomic E-state index is 12.1. The van der Waals surface area contributed by atoms with Gasteiger partial charge in [-0.15, -0.1) is 0 Å². The average molecular weight is 326 g/mol. The van der Waals surface area contributed by atoms with Gasteiger partial charge in [-0.05, 0) is 62.9 Å². The number of hydrogen-bond acceptors (Lipinski definition) is 5. The number of amides is 1. The van der Waals surface area contributed by atoms with E-state index in [4.69, 9.17) is 8.92 Å². The number of fused-ring (bicyclic) bond motifs is 1. The van der Waals surface area contributed by atoms with Crippen molar-refractivity contribution in [2.24, 2.45) is 0 Å². The lowest BCUT2D eigenvalue weighted by molar-refractivity contribution is 0.0223. The Kier molecular flexibility index (Phi) is 4.77. The molecule has 0 fully saturated rings. The van der Waals surface area contributed by atoms with Crippen molar-refractivity contribution < 1.29 is 22.5 Å². The molecule has 2 rings (SSSR count). The van der Waals surface area contributed by atoms with E-state index in [2.05, 4.69) is 0 Å². The van der Waals surface area contributed by atoms with Crippen LogP contribution >= 0.6 is 0 Å². The molecular formula is C15H20NO5S-. The van der Waals surface area contributed by atoms with Crippen molar-refractivity contribution in [3.63, 3.8) is 0 Å². The molecular weight excluding hydrogens is 306 g/mol. The van der Waals surface area contributed by atoms with E-state index in [1.54, 1.807) is 17.0 Å². The number of rotatable bonds is 2. The summed E-state index contributed by atoms with van der Waals surface area (Å²) in [5.41, 5.74) is 2.38. The third-order valence-corrected chi connectivity index (χ3v) is 3.68. The largest absolute Gasteiger partial charge is 0.740 e. The zero-order valence-electron chi connectivity index (χ0n) is 13.2. The lowest BCUT2D eigenvalue weighted by Crippen LogP contribution is -2.40.